The van der Waals surface area contributed by atoms with E-state index in [1.807, 2.05) is 0 Å². The number of rotatable bonds is 13. The Morgan fingerprint density at radius 3 is 2.12 bits per heavy atom. The number of unbranched alkanes of at least 4 members (excludes halogenated alkanes) is 9. The van der Waals surface area contributed by atoms with Crippen LogP contribution in [0.15, 0.2) is 0 Å². The van der Waals surface area contributed by atoms with E-state index in [4.69, 9.17) is 21.7 Å². The Hall–Kier alpha value is -0.270. The molecule has 1 heterocycles. The highest BCUT2D eigenvalue weighted by molar-refractivity contribution is 7.80. The third-order valence-corrected chi connectivity index (χ3v) is 5.06. The molecule has 0 aromatic carbocycles. The van der Waals surface area contributed by atoms with E-state index < -0.39 is 24.4 Å². The van der Waals surface area contributed by atoms with Crippen molar-refractivity contribution in [3.05, 3.63) is 0 Å². The zero-order chi connectivity index (χ0) is 18.5. The second-order valence-corrected chi connectivity index (χ2v) is 7.45. The third kappa shape index (κ3) is 9.29. The maximum absolute atomic E-state index is 10.0. The Balaban J connectivity index is 2.08. The van der Waals surface area contributed by atoms with Gasteiger partial charge in [0.2, 0.25) is 0 Å². The largest absolute Gasteiger partial charge is 0.478 e. The molecule has 148 valence electrons. The molecule has 0 spiro atoms. The molecule has 5 nitrogen and oxygen atoms in total. The number of thiocarbonyl (C=S) groups is 1. The van der Waals surface area contributed by atoms with Crippen LogP contribution in [0.5, 0.6) is 0 Å². The summed E-state index contributed by atoms with van der Waals surface area (Å²) >= 11 is 5.24. The molecular weight excluding hydrogens is 340 g/mol. The molecule has 1 fully saturated rings. The fraction of sp³-hybridized carbons (Fsp3) is 0.947. The molecule has 0 aliphatic carbocycles. The number of ether oxygens (including phenoxy) is 2. The number of hydrogen-bond donors (Lipinski definition) is 3. The van der Waals surface area contributed by atoms with Crippen LogP contribution in [0.1, 0.15) is 77.6 Å². The van der Waals surface area contributed by atoms with Crippen LogP contribution in [0.2, 0.25) is 0 Å². The minimum Gasteiger partial charge on any atom is -0.478 e. The quantitative estimate of drug-likeness (QED) is 0.339. The summed E-state index contributed by atoms with van der Waals surface area (Å²) in [6.45, 7) is 1.97. The molecule has 3 N–H and O–H groups in total. The van der Waals surface area contributed by atoms with Gasteiger partial charge in [0.1, 0.15) is 18.3 Å². The van der Waals surface area contributed by atoms with Crippen molar-refractivity contribution in [1.29, 1.82) is 0 Å². The summed E-state index contributed by atoms with van der Waals surface area (Å²) in [5.41, 5.74) is 0. The molecule has 0 aromatic rings. The first kappa shape index (κ1) is 22.8. The van der Waals surface area contributed by atoms with Gasteiger partial charge in [0, 0.05) is 6.42 Å². The molecule has 0 saturated carbocycles. The first-order chi connectivity index (χ1) is 12.1. The molecule has 0 radical (unpaired) electrons. The van der Waals surface area contributed by atoms with Crippen LogP contribution in [0.4, 0.5) is 0 Å². The highest BCUT2D eigenvalue weighted by Gasteiger charge is 2.40. The van der Waals surface area contributed by atoms with E-state index in [-0.39, 0.29) is 13.2 Å². The predicted octanol–water partition coefficient (Wildman–Crippen LogP) is 3.12. The van der Waals surface area contributed by atoms with E-state index in [1.54, 1.807) is 0 Å². The van der Waals surface area contributed by atoms with Gasteiger partial charge in [-0.1, -0.05) is 64.7 Å². The lowest BCUT2D eigenvalue weighted by Crippen LogP contribution is -2.55. The molecule has 6 heteroatoms. The molecule has 0 aromatic heterocycles. The lowest BCUT2D eigenvalue weighted by Gasteiger charge is -2.37. The minimum absolute atomic E-state index is 0.00252. The van der Waals surface area contributed by atoms with Crippen LogP contribution in [0, 0.1) is 0 Å². The van der Waals surface area contributed by atoms with Gasteiger partial charge in [-0.25, -0.2) is 0 Å². The van der Waals surface area contributed by atoms with Crippen molar-refractivity contribution >= 4 is 17.3 Å². The van der Waals surface area contributed by atoms with Crippen LogP contribution in [0.3, 0.4) is 0 Å². The summed E-state index contributed by atoms with van der Waals surface area (Å²) in [6.07, 6.45) is 9.70. The van der Waals surface area contributed by atoms with Gasteiger partial charge in [-0.3, -0.25) is 0 Å². The van der Waals surface area contributed by atoms with E-state index in [0.717, 1.165) is 12.8 Å². The van der Waals surface area contributed by atoms with Crippen LogP contribution >= 0.6 is 12.2 Å². The van der Waals surface area contributed by atoms with Gasteiger partial charge >= 0.3 is 0 Å². The Bertz CT molecular complexity index is 351. The summed E-state index contributed by atoms with van der Waals surface area (Å²) in [5, 5.41) is 29.4. The SMILES string of the molecule is CCCCCCCCCCCCC(=S)O[C@H]1[C@H](O)[C@@H](O)CO[C@@H]1CO. The second kappa shape index (κ2) is 13.9. The van der Waals surface area contributed by atoms with Crippen LogP contribution in [0.25, 0.3) is 0 Å². The van der Waals surface area contributed by atoms with E-state index in [9.17, 15) is 15.3 Å². The van der Waals surface area contributed by atoms with Crippen molar-refractivity contribution < 1.29 is 24.8 Å². The zero-order valence-corrected chi connectivity index (χ0v) is 16.4. The number of hydrogen-bond acceptors (Lipinski definition) is 6. The van der Waals surface area contributed by atoms with Gasteiger partial charge in [0.25, 0.3) is 0 Å². The zero-order valence-electron chi connectivity index (χ0n) is 15.6. The highest BCUT2D eigenvalue weighted by Crippen LogP contribution is 2.20. The van der Waals surface area contributed by atoms with E-state index in [0.29, 0.717) is 11.5 Å². The maximum atomic E-state index is 10.0. The molecule has 25 heavy (non-hydrogen) atoms. The van der Waals surface area contributed by atoms with Crippen molar-refractivity contribution in [2.24, 2.45) is 0 Å². The van der Waals surface area contributed by atoms with Gasteiger partial charge < -0.3 is 24.8 Å². The molecule has 1 aliphatic heterocycles. The standard InChI is InChI=1S/C19H36O5S/c1-2-3-4-5-6-7-8-9-10-11-12-17(25)24-19-16(13-20)23-14-15(21)18(19)22/h15-16,18-22H,2-14H2,1H3/t15-,16+,18+,19+/m0/s1. The predicted molar refractivity (Wildman–Crippen MR) is 103 cm³/mol. The molecule has 1 aliphatic rings. The lowest BCUT2D eigenvalue weighted by atomic mass is 10.0. The number of aliphatic hydroxyl groups is 3. The van der Waals surface area contributed by atoms with Crippen molar-refractivity contribution in [2.75, 3.05) is 13.2 Å². The van der Waals surface area contributed by atoms with Crippen molar-refractivity contribution in [2.45, 2.75) is 102 Å². The molecule has 0 amide bonds. The first-order valence-electron chi connectivity index (χ1n) is 9.88. The van der Waals surface area contributed by atoms with Gasteiger partial charge in [-0.2, -0.15) is 0 Å². The summed E-state index contributed by atoms with van der Waals surface area (Å²) in [7, 11) is 0. The minimum atomic E-state index is -1.09. The van der Waals surface area contributed by atoms with Gasteiger partial charge in [0.05, 0.1) is 13.2 Å². The Morgan fingerprint density at radius 1 is 1.00 bits per heavy atom. The molecule has 0 bridgehead atoms. The van der Waals surface area contributed by atoms with Gasteiger partial charge in [0.15, 0.2) is 11.2 Å². The fourth-order valence-electron chi connectivity index (χ4n) is 3.12. The molecule has 1 saturated heterocycles. The van der Waals surface area contributed by atoms with Crippen LogP contribution < -0.4 is 0 Å². The van der Waals surface area contributed by atoms with Crippen LogP contribution in [-0.4, -0.2) is 58.0 Å². The summed E-state index contributed by atoms with van der Waals surface area (Å²) < 4.78 is 10.9. The lowest BCUT2D eigenvalue weighted by molar-refractivity contribution is -0.190. The first-order valence-corrected chi connectivity index (χ1v) is 10.3. The topological polar surface area (TPSA) is 79.2 Å². The Kier molecular flexibility index (Phi) is 12.6. The Morgan fingerprint density at radius 2 is 1.56 bits per heavy atom. The molecular formula is C19H36O5S. The summed E-state index contributed by atoms with van der Waals surface area (Å²) in [6, 6.07) is 0. The van der Waals surface area contributed by atoms with Crippen molar-refractivity contribution in [1.82, 2.24) is 0 Å². The van der Waals surface area contributed by atoms with Crippen molar-refractivity contribution in [3.8, 4) is 0 Å². The second-order valence-electron chi connectivity index (χ2n) is 7.00. The maximum Gasteiger partial charge on any atom is 0.160 e. The molecule has 0 unspecified atom stereocenters. The third-order valence-electron chi connectivity index (χ3n) is 4.76. The van der Waals surface area contributed by atoms with Gasteiger partial charge in [-0.05, 0) is 18.6 Å². The average molecular weight is 377 g/mol. The monoisotopic (exact) mass is 376 g/mol. The van der Waals surface area contributed by atoms with E-state index in [1.165, 1.54) is 51.4 Å². The van der Waals surface area contributed by atoms with Gasteiger partial charge in [-0.15, -0.1) is 0 Å². The smallest absolute Gasteiger partial charge is 0.160 e. The number of aliphatic hydroxyl groups excluding tert-OH is 3. The van der Waals surface area contributed by atoms with E-state index >= 15 is 0 Å². The normalized spacial score (nSPS) is 26.6. The summed E-state index contributed by atoms with van der Waals surface area (Å²) in [5.74, 6) is 0. The summed E-state index contributed by atoms with van der Waals surface area (Å²) in [4.78, 5) is 0. The average Bonchev–Trinajstić information content (AvgIpc) is 2.61. The van der Waals surface area contributed by atoms with Crippen LogP contribution in [-0.2, 0) is 9.47 Å². The van der Waals surface area contributed by atoms with E-state index in [2.05, 4.69) is 6.92 Å². The Labute approximate surface area is 157 Å². The highest BCUT2D eigenvalue weighted by atomic mass is 32.1. The fourth-order valence-corrected chi connectivity index (χ4v) is 3.38. The molecule has 4 atom stereocenters. The molecule has 1 rings (SSSR count). The van der Waals surface area contributed by atoms with Crippen molar-refractivity contribution in [3.63, 3.8) is 0 Å².